The first kappa shape index (κ1) is 30.4. The zero-order valence-electron chi connectivity index (χ0n) is 23.1. The number of ether oxygens (including phenoxy) is 2. The molecule has 13 heteroatoms. The van der Waals surface area contributed by atoms with Crippen molar-refractivity contribution in [3.05, 3.63) is 45.3 Å². The summed E-state index contributed by atoms with van der Waals surface area (Å²) >= 11 is 7.55. The Kier molecular flexibility index (Phi) is 9.01. The summed E-state index contributed by atoms with van der Waals surface area (Å²) < 4.78 is 40.5. The number of nitrogens with one attached hydrogen (secondary N) is 1. The van der Waals surface area contributed by atoms with E-state index in [2.05, 4.69) is 20.3 Å². The van der Waals surface area contributed by atoms with Crippen LogP contribution in [0.1, 0.15) is 64.5 Å². The summed E-state index contributed by atoms with van der Waals surface area (Å²) in [7, 11) is 0. The number of rotatable bonds is 6. The summed E-state index contributed by atoms with van der Waals surface area (Å²) in [5, 5.41) is 2.65. The molecule has 39 heavy (non-hydrogen) atoms. The number of pyridine rings is 1. The van der Waals surface area contributed by atoms with Crippen molar-refractivity contribution >= 4 is 51.2 Å². The molecular formula is C26H32ClF2N5O4S. The van der Waals surface area contributed by atoms with Gasteiger partial charge in [-0.3, -0.25) is 9.88 Å². The number of carbonyl (C=O) groups excluding carboxylic acids is 2. The van der Waals surface area contributed by atoms with Gasteiger partial charge in [-0.2, -0.15) is 4.98 Å². The molecule has 0 unspecified atom stereocenters. The van der Waals surface area contributed by atoms with E-state index < -0.39 is 41.6 Å². The van der Waals surface area contributed by atoms with Crippen molar-refractivity contribution in [3.63, 3.8) is 0 Å². The molecule has 0 spiro atoms. The molecule has 1 atom stereocenters. The topological polar surface area (TPSA) is 107 Å². The highest BCUT2D eigenvalue weighted by Gasteiger charge is 2.30. The highest BCUT2D eigenvalue weighted by atomic mass is 35.5. The number of nitrogens with zero attached hydrogens (tertiary/aromatic N) is 4. The third kappa shape index (κ3) is 7.95. The number of hydrogen-bond acceptors (Lipinski definition) is 8. The normalized spacial score (nSPS) is 12.8. The molecule has 0 radical (unpaired) electrons. The van der Waals surface area contributed by atoms with Crippen molar-refractivity contribution < 1.29 is 27.8 Å². The summed E-state index contributed by atoms with van der Waals surface area (Å²) in [5.74, 6) is -1.81. The number of anilines is 1. The molecule has 3 aromatic rings. The van der Waals surface area contributed by atoms with Gasteiger partial charge in [-0.1, -0.05) is 0 Å². The van der Waals surface area contributed by atoms with Crippen LogP contribution in [0, 0.1) is 18.6 Å². The summed E-state index contributed by atoms with van der Waals surface area (Å²) in [6.07, 6.45) is 0.724. The Morgan fingerprint density at radius 2 is 1.67 bits per heavy atom. The van der Waals surface area contributed by atoms with Gasteiger partial charge >= 0.3 is 12.2 Å². The van der Waals surface area contributed by atoms with Crippen molar-refractivity contribution in [3.8, 4) is 0 Å². The molecule has 0 saturated heterocycles. The minimum atomic E-state index is -0.926. The van der Waals surface area contributed by atoms with Crippen molar-refractivity contribution in [2.24, 2.45) is 0 Å². The first-order chi connectivity index (χ1) is 17.9. The number of aryl methyl sites for hydroxylation is 1. The largest absolute Gasteiger partial charge is 0.444 e. The minimum Gasteiger partial charge on any atom is -0.444 e. The molecule has 1 N–H and O–H groups in total. The highest BCUT2D eigenvalue weighted by Crippen LogP contribution is 2.38. The fraction of sp³-hybridized carbons (Fsp3) is 0.500. The SMILES string of the molecule is Cc1c(C[C@@H](C)NC(=O)OC(C)(C)C)sc2c(N(Cc3c(F)cncc3F)C(=O)OC(C)(C)C)nc(Cl)nc12. The van der Waals surface area contributed by atoms with Crippen LogP contribution < -0.4 is 10.2 Å². The van der Waals surface area contributed by atoms with Gasteiger partial charge in [0, 0.05) is 22.9 Å². The van der Waals surface area contributed by atoms with Gasteiger partial charge in [0.2, 0.25) is 5.28 Å². The summed E-state index contributed by atoms with van der Waals surface area (Å²) in [5.41, 5.74) is -0.693. The molecule has 0 aliphatic carbocycles. The molecule has 3 aromatic heterocycles. The van der Waals surface area contributed by atoms with Crippen molar-refractivity contribution in [1.82, 2.24) is 20.3 Å². The third-order valence-corrected chi connectivity index (χ3v) is 6.68. The van der Waals surface area contributed by atoms with Crippen LogP contribution in [-0.2, 0) is 22.4 Å². The van der Waals surface area contributed by atoms with Gasteiger partial charge in [-0.15, -0.1) is 11.3 Å². The summed E-state index contributed by atoms with van der Waals surface area (Å²) in [6.45, 7) is 13.5. The lowest BCUT2D eigenvalue weighted by molar-refractivity contribution is 0.0506. The minimum absolute atomic E-state index is 0.0435. The van der Waals surface area contributed by atoms with Gasteiger partial charge in [0.1, 0.15) is 22.8 Å². The molecule has 9 nitrogen and oxygen atoms in total. The number of fused-ring (bicyclic) bond motifs is 1. The molecule has 0 fully saturated rings. The van der Waals surface area contributed by atoms with Crippen molar-refractivity contribution in [2.45, 2.75) is 85.6 Å². The van der Waals surface area contributed by atoms with Crippen LogP contribution in [0.2, 0.25) is 5.28 Å². The van der Waals surface area contributed by atoms with Crippen LogP contribution in [0.4, 0.5) is 24.2 Å². The zero-order valence-corrected chi connectivity index (χ0v) is 24.7. The zero-order chi connectivity index (χ0) is 29.3. The summed E-state index contributed by atoms with van der Waals surface area (Å²) in [6, 6.07) is -0.305. The van der Waals surface area contributed by atoms with Crippen molar-refractivity contribution in [2.75, 3.05) is 4.90 Å². The van der Waals surface area contributed by atoms with Gasteiger partial charge in [0.25, 0.3) is 0 Å². The van der Waals surface area contributed by atoms with E-state index in [9.17, 15) is 18.4 Å². The third-order valence-electron chi connectivity index (χ3n) is 5.21. The van der Waals surface area contributed by atoms with E-state index in [0.29, 0.717) is 16.6 Å². The lowest BCUT2D eigenvalue weighted by Gasteiger charge is -2.27. The maximum Gasteiger partial charge on any atom is 0.416 e. The second-order valence-corrected chi connectivity index (χ2v) is 12.5. The van der Waals surface area contributed by atoms with E-state index in [1.165, 1.54) is 11.3 Å². The highest BCUT2D eigenvalue weighted by molar-refractivity contribution is 7.19. The van der Waals surface area contributed by atoms with E-state index in [4.69, 9.17) is 21.1 Å². The molecule has 0 aliphatic heterocycles. The molecule has 0 bridgehead atoms. The number of carbonyl (C=O) groups is 2. The maximum absolute atomic E-state index is 14.6. The predicted octanol–water partition coefficient (Wildman–Crippen LogP) is 6.72. The van der Waals surface area contributed by atoms with Gasteiger partial charge in [0.15, 0.2) is 5.82 Å². The van der Waals surface area contributed by atoms with Crippen LogP contribution in [0.5, 0.6) is 0 Å². The Bertz CT molecular complexity index is 1370. The molecule has 3 rings (SSSR count). The molecule has 3 heterocycles. The molecule has 0 saturated carbocycles. The van der Waals surface area contributed by atoms with E-state index in [1.807, 2.05) is 13.8 Å². The molecular weight excluding hydrogens is 552 g/mol. The Labute approximate surface area is 234 Å². The van der Waals surface area contributed by atoms with Crippen LogP contribution in [-0.4, -0.2) is 44.4 Å². The average molecular weight is 584 g/mol. The van der Waals surface area contributed by atoms with E-state index in [0.717, 1.165) is 27.7 Å². The van der Waals surface area contributed by atoms with Crippen LogP contribution in [0.3, 0.4) is 0 Å². The molecule has 0 aliphatic rings. The average Bonchev–Trinajstić information content (AvgIpc) is 3.05. The van der Waals surface area contributed by atoms with E-state index in [-0.39, 0.29) is 22.7 Å². The van der Waals surface area contributed by atoms with Gasteiger partial charge in [-0.25, -0.2) is 23.4 Å². The second kappa shape index (κ2) is 11.5. The van der Waals surface area contributed by atoms with Crippen molar-refractivity contribution in [1.29, 1.82) is 0 Å². The van der Waals surface area contributed by atoms with Gasteiger partial charge < -0.3 is 14.8 Å². The number of thiophene rings is 1. The van der Waals surface area contributed by atoms with Crippen LogP contribution in [0.15, 0.2) is 12.4 Å². The Morgan fingerprint density at radius 3 is 2.23 bits per heavy atom. The number of hydrogen-bond donors (Lipinski definition) is 1. The van der Waals surface area contributed by atoms with E-state index in [1.54, 1.807) is 41.5 Å². The first-order valence-corrected chi connectivity index (χ1v) is 13.4. The first-order valence-electron chi connectivity index (χ1n) is 12.2. The molecule has 2 amide bonds. The van der Waals surface area contributed by atoms with E-state index >= 15 is 0 Å². The van der Waals surface area contributed by atoms with Crippen LogP contribution in [0.25, 0.3) is 10.2 Å². The Hall–Kier alpha value is -3.12. The number of amides is 2. The second-order valence-electron chi connectivity index (χ2n) is 11.0. The fourth-order valence-electron chi connectivity index (χ4n) is 3.60. The Morgan fingerprint density at radius 1 is 1.08 bits per heavy atom. The number of halogens is 3. The molecule has 0 aromatic carbocycles. The van der Waals surface area contributed by atoms with Crippen LogP contribution >= 0.6 is 22.9 Å². The van der Waals surface area contributed by atoms with Gasteiger partial charge in [0.05, 0.1) is 29.2 Å². The molecule has 212 valence electrons. The standard InChI is InChI=1S/C26H32ClF2N5O4S/c1-13(31-23(35)37-25(3,4)5)9-18-14(2)19-20(39-18)21(33-22(27)32-19)34(24(36)38-26(6,7)8)12-15-16(28)10-30-11-17(15)29/h10-11,13H,9,12H2,1-8H3,(H,31,35)/t13-/m1/s1. The lowest BCUT2D eigenvalue weighted by atomic mass is 10.1. The maximum atomic E-state index is 14.6. The monoisotopic (exact) mass is 583 g/mol. The number of alkyl carbamates (subject to hydrolysis) is 1. The smallest absolute Gasteiger partial charge is 0.416 e. The summed E-state index contributed by atoms with van der Waals surface area (Å²) in [4.78, 5) is 39.6. The lowest BCUT2D eigenvalue weighted by Crippen LogP contribution is -2.38. The fourth-order valence-corrected chi connectivity index (χ4v) is 5.13. The number of aromatic nitrogens is 3. The predicted molar refractivity (Wildman–Crippen MR) is 146 cm³/mol. The Balaban J connectivity index is 2.05. The quantitative estimate of drug-likeness (QED) is 0.321. The van der Waals surface area contributed by atoms with Gasteiger partial charge in [-0.05, 0) is 72.6 Å².